The third-order valence-corrected chi connectivity index (χ3v) is 4.22. The summed E-state index contributed by atoms with van der Waals surface area (Å²) in [6.07, 6.45) is 5.32. The van der Waals surface area contributed by atoms with Crippen LogP contribution in [0.25, 0.3) is 10.9 Å². The van der Waals surface area contributed by atoms with Crippen molar-refractivity contribution in [1.82, 2.24) is 10.4 Å². The van der Waals surface area contributed by atoms with Gasteiger partial charge in [-0.3, -0.25) is 9.78 Å². The van der Waals surface area contributed by atoms with Crippen LogP contribution in [0.1, 0.15) is 5.56 Å². The van der Waals surface area contributed by atoms with Gasteiger partial charge in [0.25, 0.3) is 5.91 Å². The van der Waals surface area contributed by atoms with Crippen LogP contribution in [-0.2, 0) is 4.79 Å². The number of ether oxygens (including phenoxy) is 1. The van der Waals surface area contributed by atoms with Gasteiger partial charge in [0, 0.05) is 16.5 Å². The Balaban J connectivity index is 1.54. The SMILES string of the molecule is CSc1ccc(/C=N\NC(=O)COc2cccc3cccnc23)cc1. The van der Waals surface area contributed by atoms with Gasteiger partial charge >= 0.3 is 0 Å². The molecule has 0 bridgehead atoms. The molecule has 1 N–H and O–H groups in total. The molecule has 0 fully saturated rings. The monoisotopic (exact) mass is 351 g/mol. The third-order valence-electron chi connectivity index (χ3n) is 3.47. The molecule has 0 unspecified atom stereocenters. The highest BCUT2D eigenvalue weighted by Gasteiger charge is 2.05. The zero-order valence-corrected chi connectivity index (χ0v) is 14.5. The number of rotatable bonds is 6. The van der Waals surface area contributed by atoms with Crippen LogP contribution < -0.4 is 10.2 Å². The second kappa shape index (κ2) is 8.30. The minimum Gasteiger partial charge on any atom is -0.481 e. The van der Waals surface area contributed by atoms with E-state index < -0.39 is 0 Å². The Morgan fingerprint density at radius 1 is 1.20 bits per heavy atom. The van der Waals surface area contributed by atoms with Gasteiger partial charge in [0.1, 0.15) is 11.3 Å². The van der Waals surface area contributed by atoms with E-state index in [1.807, 2.05) is 54.8 Å². The van der Waals surface area contributed by atoms with Crippen LogP contribution in [0.2, 0.25) is 0 Å². The van der Waals surface area contributed by atoms with Crippen molar-refractivity contribution >= 4 is 34.8 Å². The first kappa shape index (κ1) is 17.0. The van der Waals surface area contributed by atoms with Gasteiger partial charge in [-0.1, -0.05) is 30.3 Å². The lowest BCUT2D eigenvalue weighted by Gasteiger charge is -2.07. The Morgan fingerprint density at radius 3 is 2.80 bits per heavy atom. The highest BCUT2D eigenvalue weighted by Crippen LogP contribution is 2.22. The van der Waals surface area contributed by atoms with Crippen molar-refractivity contribution in [1.29, 1.82) is 0 Å². The van der Waals surface area contributed by atoms with Gasteiger partial charge in [-0.25, -0.2) is 5.43 Å². The summed E-state index contributed by atoms with van der Waals surface area (Å²) in [5.74, 6) is 0.245. The van der Waals surface area contributed by atoms with Crippen molar-refractivity contribution in [3.63, 3.8) is 0 Å². The highest BCUT2D eigenvalue weighted by atomic mass is 32.2. The van der Waals surface area contributed by atoms with E-state index in [0.717, 1.165) is 16.5 Å². The quantitative estimate of drug-likeness (QED) is 0.419. The van der Waals surface area contributed by atoms with Crippen molar-refractivity contribution in [3.05, 3.63) is 66.4 Å². The Hall–Kier alpha value is -2.86. The predicted molar refractivity (Wildman–Crippen MR) is 101 cm³/mol. The summed E-state index contributed by atoms with van der Waals surface area (Å²) in [7, 11) is 0. The molecule has 0 saturated carbocycles. The van der Waals surface area contributed by atoms with Crippen LogP contribution in [0, 0.1) is 0 Å². The number of hydrogen-bond acceptors (Lipinski definition) is 5. The van der Waals surface area contributed by atoms with E-state index in [9.17, 15) is 4.79 Å². The molecule has 0 spiro atoms. The van der Waals surface area contributed by atoms with Crippen LogP contribution in [0.15, 0.2) is 70.8 Å². The van der Waals surface area contributed by atoms with Crippen molar-refractivity contribution in [2.75, 3.05) is 12.9 Å². The molecule has 25 heavy (non-hydrogen) atoms. The van der Waals surface area contributed by atoms with E-state index >= 15 is 0 Å². The average Bonchev–Trinajstić information content (AvgIpc) is 2.67. The van der Waals surface area contributed by atoms with Gasteiger partial charge in [0.15, 0.2) is 6.61 Å². The number of nitrogens with zero attached hydrogens (tertiary/aromatic N) is 2. The fraction of sp³-hybridized carbons (Fsp3) is 0.105. The lowest BCUT2D eigenvalue weighted by Crippen LogP contribution is -2.24. The summed E-state index contributed by atoms with van der Waals surface area (Å²) >= 11 is 1.68. The normalized spacial score (nSPS) is 10.9. The van der Waals surface area contributed by atoms with E-state index in [0.29, 0.717) is 5.75 Å². The van der Waals surface area contributed by atoms with E-state index in [2.05, 4.69) is 15.5 Å². The van der Waals surface area contributed by atoms with Crippen LogP contribution in [0.5, 0.6) is 5.75 Å². The Labute approximate surface area is 150 Å². The summed E-state index contributed by atoms with van der Waals surface area (Å²) < 4.78 is 5.56. The fourth-order valence-electron chi connectivity index (χ4n) is 2.24. The summed E-state index contributed by atoms with van der Waals surface area (Å²) in [6, 6.07) is 17.3. The fourth-order valence-corrected chi connectivity index (χ4v) is 2.65. The van der Waals surface area contributed by atoms with Crippen LogP contribution >= 0.6 is 11.8 Å². The Bertz CT molecular complexity index is 889. The standard InChI is InChI=1S/C19H17N3O2S/c1-25-16-9-7-14(8-10-16)12-21-22-18(23)13-24-17-6-2-4-15-5-3-11-20-19(15)17/h2-12H,13H2,1H3,(H,22,23)/b21-12-. The number of para-hydroxylation sites is 1. The van der Waals surface area contributed by atoms with Crippen molar-refractivity contribution in [2.24, 2.45) is 5.10 Å². The van der Waals surface area contributed by atoms with Gasteiger partial charge in [-0.05, 0) is 36.1 Å². The van der Waals surface area contributed by atoms with Crippen LogP contribution in [-0.4, -0.2) is 30.0 Å². The van der Waals surface area contributed by atoms with E-state index in [-0.39, 0.29) is 12.5 Å². The van der Waals surface area contributed by atoms with Gasteiger partial charge in [-0.2, -0.15) is 5.10 Å². The Kier molecular flexibility index (Phi) is 5.64. The molecule has 1 amide bonds. The molecular weight excluding hydrogens is 334 g/mol. The van der Waals surface area contributed by atoms with E-state index in [1.54, 1.807) is 30.2 Å². The molecule has 0 aliphatic heterocycles. The zero-order valence-electron chi connectivity index (χ0n) is 13.7. The number of aromatic nitrogens is 1. The summed E-state index contributed by atoms with van der Waals surface area (Å²) in [6.45, 7) is -0.127. The largest absolute Gasteiger partial charge is 0.481 e. The molecule has 0 atom stereocenters. The molecule has 3 aromatic rings. The molecule has 2 aromatic carbocycles. The number of hydrogen-bond donors (Lipinski definition) is 1. The number of benzene rings is 2. The Morgan fingerprint density at radius 2 is 2.00 bits per heavy atom. The lowest BCUT2D eigenvalue weighted by atomic mass is 10.2. The number of carbonyl (C=O) groups excluding carboxylic acids is 1. The van der Waals surface area contributed by atoms with E-state index in [1.165, 1.54) is 4.90 Å². The maximum absolute atomic E-state index is 11.9. The molecule has 0 aliphatic carbocycles. The van der Waals surface area contributed by atoms with Crippen LogP contribution in [0.3, 0.4) is 0 Å². The molecule has 0 saturated heterocycles. The lowest BCUT2D eigenvalue weighted by molar-refractivity contribution is -0.123. The van der Waals surface area contributed by atoms with Gasteiger partial charge < -0.3 is 4.74 Å². The van der Waals surface area contributed by atoms with E-state index in [4.69, 9.17) is 4.74 Å². The highest BCUT2D eigenvalue weighted by molar-refractivity contribution is 7.98. The second-order valence-corrected chi connectivity index (χ2v) is 6.07. The predicted octanol–water partition coefficient (Wildman–Crippen LogP) is 3.49. The number of nitrogens with one attached hydrogen (secondary N) is 1. The van der Waals surface area contributed by atoms with Crippen LogP contribution in [0.4, 0.5) is 0 Å². The maximum Gasteiger partial charge on any atom is 0.277 e. The molecule has 0 aliphatic rings. The molecule has 1 heterocycles. The number of hydrazone groups is 1. The molecule has 126 valence electrons. The van der Waals surface area contributed by atoms with Gasteiger partial charge in [0.2, 0.25) is 0 Å². The minimum atomic E-state index is -0.329. The summed E-state index contributed by atoms with van der Waals surface area (Å²) in [5.41, 5.74) is 4.10. The van der Waals surface area contributed by atoms with Gasteiger partial charge in [-0.15, -0.1) is 11.8 Å². The molecule has 5 nitrogen and oxygen atoms in total. The summed E-state index contributed by atoms with van der Waals surface area (Å²) in [4.78, 5) is 17.3. The average molecular weight is 351 g/mol. The zero-order chi connectivity index (χ0) is 17.5. The number of carbonyl (C=O) groups is 1. The first-order valence-electron chi connectivity index (χ1n) is 7.69. The topological polar surface area (TPSA) is 63.6 Å². The number of fused-ring (bicyclic) bond motifs is 1. The molecule has 3 rings (SSSR count). The first-order chi connectivity index (χ1) is 12.3. The smallest absolute Gasteiger partial charge is 0.277 e. The van der Waals surface area contributed by atoms with Crippen molar-refractivity contribution in [2.45, 2.75) is 4.90 Å². The number of pyridine rings is 1. The number of thioether (sulfide) groups is 1. The van der Waals surface area contributed by atoms with Crippen molar-refractivity contribution < 1.29 is 9.53 Å². The minimum absolute atomic E-state index is 0.127. The maximum atomic E-state index is 11.9. The van der Waals surface area contributed by atoms with Crippen molar-refractivity contribution in [3.8, 4) is 5.75 Å². The third kappa shape index (κ3) is 4.58. The number of amides is 1. The first-order valence-corrected chi connectivity index (χ1v) is 8.91. The second-order valence-electron chi connectivity index (χ2n) is 5.19. The molecule has 6 heteroatoms. The van der Waals surface area contributed by atoms with Gasteiger partial charge in [0.05, 0.1) is 6.21 Å². The molecular formula is C19H17N3O2S. The molecule has 0 radical (unpaired) electrons. The summed E-state index contributed by atoms with van der Waals surface area (Å²) in [5, 5.41) is 4.91. The molecule has 1 aromatic heterocycles.